The Labute approximate surface area is 126 Å². The second kappa shape index (κ2) is 9.15. The minimum absolute atomic E-state index is 0. The smallest absolute Gasteiger partial charge is 0.241 e. The molecule has 0 aromatic rings. The summed E-state index contributed by atoms with van der Waals surface area (Å²) >= 11 is 0. The third kappa shape index (κ3) is 5.64. The predicted molar refractivity (Wildman–Crippen MR) is 79.7 cm³/mol. The van der Waals surface area contributed by atoms with Gasteiger partial charge in [-0.3, -0.25) is 9.59 Å². The molecule has 1 fully saturated rings. The molecule has 20 heavy (non-hydrogen) atoms. The molecule has 0 aromatic carbocycles. The number of carbonyl (C=O) groups is 2. The van der Waals surface area contributed by atoms with Crippen LogP contribution in [0.2, 0.25) is 0 Å². The summed E-state index contributed by atoms with van der Waals surface area (Å²) in [7, 11) is 1.52. The lowest BCUT2D eigenvalue weighted by Crippen LogP contribution is -2.54. The third-order valence-electron chi connectivity index (χ3n) is 3.27. The summed E-state index contributed by atoms with van der Waals surface area (Å²) in [6.45, 7) is 5.17. The summed E-state index contributed by atoms with van der Waals surface area (Å²) < 4.78 is 4.90. The van der Waals surface area contributed by atoms with Crippen LogP contribution in [-0.4, -0.2) is 55.6 Å². The average Bonchev–Trinajstić information content (AvgIpc) is 2.38. The number of nitrogens with one attached hydrogen (secondary N) is 1. The first-order valence-electron chi connectivity index (χ1n) is 6.79. The molecule has 1 rings (SSSR count). The number of methoxy groups -OCH3 is 1. The van der Waals surface area contributed by atoms with Crippen LogP contribution >= 0.6 is 12.4 Å². The first kappa shape index (κ1) is 19.1. The van der Waals surface area contributed by atoms with Crippen molar-refractivity contribution < 1.29 is 14.3 Å². The van der Waals surface area contributed by atoms with Gasteiger partial charge in [0.15, 0.2) is 0 Å². The largest absolute Gasteiger partial charge is 0.383 e. The lowest BCUT2D eigenvalue weighted by atomic mass is 10.0. The second-order valence-electron chi connectivity index (χ2n) is 5.35. The van der Waals surface area contributed by atoms with E-state index >= 15 is 0 Å². The number of likely N-dealkylation sites (tertiary alicyclic amines) is 1. The number of hydrogen-bond acceptors (Lipinski definition) is 4. The first-order chi connectivity index (χ1) is 8.95. The first-order valence-corrected chi connectivity index (χ1v) is 6.79. The van der Waals surface area contributed by atoms with Gasteiger partial charge in [-0.25, -0.2) is 0 Å². The number of nitrogens with zero attached hydrogens (tertiary/aromatic N) is 1. The highest BCUT2D eigenvalue weighted by atomic mass is 35.5. The van der Waals surface area contributed by atoms with Crippen molar-refractivity contribution in [3.05, 3.63) is 0 Å². The van der Waals surface area contributed by atoms with Crippen LogP contribution in [0.1, 0.15) is 26.7 Å². The van der Waals surface area contributed by atoms with Crippen molar-refractivity contribution in [3.63, 3.8) is 0 Å². The van der Waals surface area contributed by atoms with E-state index in [0.717, 1.165) is 12.8 Å². The van der Waals surface area contributed by atoms with Crippen LogP contribution in [0.25, 0.3) is 0 Å². The molecule has 1 aliphatic heterocycles. The summed E-state index contributed by atoms with van der Waals surface area (Å²) in [4.78, 5) is 25.4. The van der Waals surface area contributed by atoms with Gasteiger partial charge in [0.05, 0.1) is 6.61 Å². The highest BCUT2D eigenvalue weighted by molar-refractivity contribution is 5.85. The van der Waals surface area contributed by atoms with Crippen LogP contribution in [0.3, 0.4) is 0 Å². The summed E-state index contributed by atoms with van der Waals surface area (Å²) in [5.74, 6) is -0.118. The molecule has 2 amide bonds. The second-order valence-corrected chi connectivity index (χ2v) is 5.35. The maximum absolute atomic E-state index is 12.1. The minimum atomic E-state index is -0.621. The Hall–Kier alpha value is -0.850. The van der Waals surface area contributed by atoms with Gasteiger partial charge in [-0.05, 0) is 12.8 Å². The van der Waals surface area contributed by atoms with Gasteiger partial charge in [0.25, 0.3) is 0 Å². The monoisotopic (exact) mass is 307 g/mol. The average molecular weight is 308 g/mol. The van der Waals surface area contributed by atoms with E-state index in [-0.39, 0.29) is 42.8 Å². The van der Waals surface area contributed by atoms with Crippen molar-refractivity contribution >= 4 is 24.2 Å². The number of amides is 2. The topological polar surface area (TPSA) is 84.7 Å². The quantitative estimate of drug-likeness (QED) is 0.757. The van der Waals surface area contributed by atoms with Gasteiger partial charge in [-0.1, -0.05) is 13.8 Å². The lowest BCUT2D eigenvalue weighted by molar-refractivity contribution is -0.136. The number of rotatable bonds is 5. The summed E-state index contributed by atoms with van der Waals surface area (Å²) in [5.41, 5.74) is 5.75. The van der Waals surface area contributed by atoms with E-state index in [0.29, 0.717) is 13.1 Å². The number of hydrogen-bond donors (Lipinski definition) is 2. The maximum atomic E-state index is 12.1. The molecule has 1 saturated heterocycles. The Morgan fingerprint density at radius 1 is 1.45 bits per heavy atom. The highest BCUT2D eigenvalue weighted by Crippen LogP contribution is 2.12. The van der Waals surface area contributed by atoms with Crippen molar-refractivity contribution in [2.75, 3.05) is 26.8 Å². The molecule has 1 aliphatic rings. The molecule has 118 valence electrons. The maximum Gasteiger partial charge on any atom is 0.241 e. The zero-order valence-corrected chi connectivity index (χ0v) is 13.2. The zero-order chi connectivity index (χ0) is 14.4. The van der Waals surface area contributed by atoms with Crippen LogP contribution in [0, 0.1) is 5.92 Å². The summed E-state index contributed by atoms with van der Waals surface area (Å²) in [5, 5.41) is 2.97. The van der Waals surface area contributed by atoms with Gasteiger partial charge in [0, 0.05) is 32.2 Å². The number of nitrogens with two attached hydrogens (primary N) is 1. The Balaban J connectivity index is 0.00000361. The summed E-state index contributed by atoms with van der Waals surface area (Å²) in [6, 6.07) is -0.591. The number of piperidine rings is 1. The molecule has 0 aliphatic carbocycles. The van der Waals surface area contributed by atoms with E-state index < -0.39 is 6.04 Å². The predicted octanol–water partition coefficient (Wildman–Crippen LogP) is 0.145. The molecule has 1 heterocycles. The Bertz CT molecular complexity index is 326. The molecule has 6 nitrogen and oxygen atoms in total. The molecule has 0 spiro atoms. The molecule has 7 heteroatoms. The number of ether oxygens (including phenoxy) is 1. The summed E-state index contributed by atoms with van der Waals surface area (Å²) in [6.07, 6.45) is 1.79. The van der Waals surface area contributed by atoms with Crippen LogP contribution in [0.5, 0.6) is 0 Å². The van der Waals surface area contributed by atoms with Crippen molar-refractivity contribution in [1.82, 2.24) is 10.2 Å². The van der Waals surface area contributed by atoms with E-state index in [1.54, 1.807) is 4.90 Å². The van der Waals surface area contributed by atoms with E-state index in [4.69, 9.17) is 10.5 Å². The minimum Gasteiger partial charge on any atom is -0.383 e. The highest BCUT2D eigenvalue weighted by Gasteiger charge is 2.28. The van der Waals surface area contributed by atoms with Crippen molar-refractivity contribution in [2.24, 2.45) is 11.7 Å². The van der Waals surface area contributed by atoms with Crippen molar-refractivity contribution in [3.8, 4) is 0 Å². The van der Waals surface area contributed by atoms with Gasteiger partial charge in [0.1, 0.15) is 6.04 Å². The molecule has 0 aromatic heterocycles. The standard InChI is InChI=1S/C13H25N3O3.ClH/c1-9(2)12(17)15-10-5-4-6-16(7-10)13(18)11(14)8-19-3;/h9-11H,4-8,14H2,1-3H3,(H,15,17);1H. The van der Waals surface area contributed by atoms with Crippen LogP contribution in [0.4, 0.5) is 0 Å². The molecule has 0 bridgehead atoms. The third-order valence-corrected chi connectivity index (χ3v) is 3.27. The molecular formula is C13H26ClN3O3. The lowest BCUT2D eigenvalue weighted by Gasteiger charge is -2.34. The Morgan fingerprint density at radius 3 is 2.65 bits per heavy atom. The Kier molecular flexibility index (Phi) is 8.76. The van der Waals surface area contributed by atoms with Crippen LogP contribution in [-0.2, 0) is 14.3 Å². The van der Waals surface area contributed by atoms with E-state index in [1.165, 1.54) is 7.11 Å². The van der Waals surface area contributed by atoms with Gasteiger partial charge < -0.3 is 20.7 Å². The molecule has 0 radical (unpaired) electrons. The zero-order valence-electron chi connectivity index (χ0n) is 12.4. The van der Waals surface area contributed by atoms with Crippen molar-refractivity contribution in [2.45, 2.75) is 38.8 Å². The normalized spacial score (nSPS) is 20.2. The molecular weight excluding hydrogens is 282 g/mol. The number of halogens is 1. The molecule has 2 unspecified atom stereocenters. The fraction of sp³-hybridized carbons (Fsp3) is 0.846. The van der Waals surface area contributed by atoms with Crippen LogP contribution < -0.4 is 11.1 Å². The SMILES string of the molecule is COCC(N)C(=O)N1CCCC(NC(=O)C(C)C)C1.Cl. The van der Waals surface area contributed by atoms with E-state index in [1.807, 2.05) is 13.8 Å². The van der Waals surface area contributed by atoms with Gasteiger partial charge in [-0.2, -0.15) is 0 Å². The van der Waals surface area contributed by atoms with Crippen molar-refractivity contribution in [1.29, 1.82) is 0 Å². The fourth-order valence-corrected chi connectivity index (χ4v) is 2.15. The number of carbonyl (C=O) groups excluding carboxylic acids is 2. The molecule has 3 N–H and O–H groups in total. The van der Waals surface area contributed by atoms with E-state index in [2.05, 4.69) is 5.32 Å². The van der Waals surface area contributed by atoms with Gasteiger partial charge >= 0.3 is 0 Å². The van der Waals surface area contributed by atoms with Gasteiger partial charge in [0.2, 0.25) is 11.8 Å². The van der Waals surface area contributed by atoms with Gasteiger partial charge in [-0.15, -0.1) is 12.4 Å². The van der Waals surface area contributed by atoms with E-state index in [9.17, 15) is 9.59 Å². The molecule has 0 saturated carbocycles. The van der Waals surface area contributed by atoms with Crippen LogP contribution in [0.15, 0.2) is 0 Å². The fourth-order valence-electron chi connectivity index (χ4n) is 2.15. The molecule has 2 atom stereocenters. The Morgan fingerprint density at radius 2 is 2.10 bits per heavy atom.